The Kier molecular flexibility index (Phi) is 9.52. The van der Waals surface area contributed by atoms with Crippen molar-refractivity contribution in [1.29, 1.82) is 0 Å². The van der Waals surface area contributed by atoms with Crippen LogP contribution in [0.1, 0.15) is 50.2 Å². The number of hydrogen-bond acceptors (Lipinski definition) is 5. The third kappa shape index (κ3) is 6.14. The van der Waals surface area contributed by atoms with Gasteiger partial charge in [0, 0.05) is 12.1 Å². The monoisotopic (exact) mass is 487 g/mol. The van der Waals surface area contributed by atoms with E-state index in [0.29, 0.717) is 42.7 Å². The van der Waals surface area contributed by atoms with Gasteiger partial charge >= 0.3 is 5.97 Å². The standard InChI is InChI=1S/C28H38FNO5/c1-4-5-7-24(27(31)32)28(33,23-8-6-9-25(34-2)26(23)35-3)21-15-18-30(19-16-21)17-14-20-10-12-22(29)13-11-20/h6,8-13,21,24,33H,4-5,7,14-19H2,1-3H3,(H,31,32). The third-order valence-electron chi connectivity index (χ3n) is 7.35. The van der Waals surface area contributed by atoms with E-state index in [1.54, 1.807) is 30.3 Å². The van der Waals surface area contributed by atoms with Crippen LogP contribution in [0.4, 0.5) is 4.39 Å². The van der Waals surface area contributed by atoms with Crippen molar-refractivity contribution >= 4 is 5.97 Å². The molecule has 35 heavy (non-hydrogen) atoms. The molecule has 2 atom stereocenters. The molecule has 1 aliphatic heterocycles. The number of carboxylic acid groups (broad SMARTS) is 1. The molecule has 2 N–H and O–H groups in total. The summed E-state index contributed by atoms with van der Waals surface area (Å²) in [5, 5.41) is 22.6. The van der Waals surface area contributed by atoms with Crippen LogP contribution in [0.15, 0.2) is 42.5 Å². The third-order valence-corrected chi connectivity index (χ3v) is 7.35. The predicted molar refractivity (Wildman–Crippen MR) is 133 cm³/mol. The number of nitrogens with zero attached hydrogens (tertiary/aromatic N) is 1. The van der Waals surface area contributed by atoms with Crippen molar-refractivity contribution < 1.29 is 28.9 Å². The Morgan fingerprint density at radius 2 is 1.83 bits per heavy atom. The van der Waals surface area contributed by atoms with Gasteiger partial charge in [-0.25, -0.2) is 4.39 Å². The van der Waals surface area contributed by atoms with Crippen LogP contribution in [-0.4, -0.2) is 54.9 Å². The Labute approximate surface area is 207 Å². The van der Waals surface area contributed by atoms with Crippen molar-refractivity contribution in [2.75, 3.05) is 33.9 Å². The Morgan fingerprint density at radius 1 is 1.14 bits per heavy atom. The van der Waals surface area contributed by atoms with E-state index in [1.807, 2.05) is 6.92 Å². The van der Waals surface area contributed by atoms with Crippen LogP contribution in [0.3, 0.4) is 0 Å². The number of ether oxygens (including phenoxy) is 2. The van der Waals surface area contributed by atoms with E-state index in [9.17, 15) is 19.4 Å². The molecule has 0 radical (unpaired) electrons. The van der Waals surface area contributed by atoms with E-state index in [-0.39, 0.29) is 11.7 Å². The summed E-state index contributed by atoms with van der Waals surface area (Å²) in [6.45, 7) is 4.35. The Balaban J connectivity index is 1.85. The van der Waals surface area contributed by atoms with Gasteiger partial charge in [0.15, 0.2) is 11.5 Å². The van der Waals surface area contributed by atoms with Gasteiger partial charge in [-0.15, -0.1) is 0 Å². The van der Waals surface area contributed by atoms with E-state index < -0.39 is 17.5 Å². The summed E-state index contributed by atoms with van der Waals surface area (Å²) >= 11 is 0. The molecule has 0 aliphatic carbocycles. The van der Waals surface area contributed by atoms with Crippen molar-refractivity contribution in [2.45, 2.75) is 51.0 Å². The predicted octanol–water partition coefficient (Wildman–Crippen LogP) is 4.88. The van der Waals surface area contributed by atoms with Gasteiger partial charge in [0.25, 0.3) is 0 Å². The van der Waals surface area contributed by atoms with Gasteiger partial charge in [0.2, 0.25) is 0 Å². The number of hydrogen-bond donors (Lipinski definition) is 2. The van der Waals surface area contributed by atoms with E-state index in [0.717, 1.165) is 38.0 Å². The van der Waals surface area contributed by atoms with E-state index in [2.05, 4.69) is 4.90 Å². The second-order valence-electron chi connectivity index (χ2n) is 9.39. The smallest absolute Gasteiger partial charge is 0.309 e. The number of unbranched alkanes of at least 4 members (excludes halogenated alkanes) is 1. The number of piperidine rings is 1. The summed E-state index contributed by atoms with van der Waals surface area (Å²) in [6.07, 6.45) is 4.08. The maximum atomic E-state index is 13.2. The normalized spacial score (nSPS) is 17.5. The molecule has 0 aromatic heterocycles. The fourth-order valence-electron chi connectivity index (χ4n) is 5.37. The quantitative estimate of drug-likeness (QED) is 0.444. The zero-order valence-electron chi connectivity index (χ0n) is 21.0. The number of halogens is 1. The lowest BCUT2D eigenvalue weighted by Crippen LogP contribution is -2.50. The average Bonchev–Trinajstić information content (AvgIpc) is 2.87. The molecule has 1 heterocycles. The molecule has 2 unspecified atom stereocenters. The van der Waals surface area contributed by atoms with Gasteiger partial charge in [-0.3, -0.25) is 4.79 Å². The lowest BCUT2D eigenvalue weighted by Gasteiger charge is -2.45. The highest BCUT2D eigenvalue weighted by Gasteiger charge is 2.51. The molecule has 1 aliphatic rings. The summed E-state index contributed by atoms with van der Waals surface area (Å²) < 4.78 is 24.3. The molecule has 1 fully saturated rings. The fourth-order valence-corrected chi connectivity index (χ4v) is 5.37. The van der Waals surface area contributed by atoms with Crippen LogP contribution in [0.5, 0.6) is 11.5 Å². The number of carboxylic acids is 1. The summed E-state index contributed by atoms with van der Waals surface area (Å²) in [5.41, 5.74) is -0.0338. The summed E-state index contributed by atoms with van der Waals surface area (Å²) in [6, 6.07) is 11.9. The maximum absolute atomic E-state index is 13.2. The first-order chi connectivity index (χ1) is 16.8. The largest absolute Gasteiger partial charge is 0.493 e. The number of carbonyl (C=O) groups is 1. The first-order valence-corrected chi connectivity index (χ1v) is 12.5. The van der Waals surface area contributed by atoms with Crippen molar-refractivity contribution in [2.24, 2.45) is 11.8 Å². The number of likely N-dealkylation sites (tertiary alicyclic amines) is 1. The number of para-hydroxylation sites is 1. The van der Waals surface area contributed by atoms with Crippen LogP contribution in [0.25, 0.3) is 0 Å². The molecular formula is C28H38FNO5. The lowest BCUT2D eigenvalue weighted by atomic mass is 9.67. The van der Waals surface area contributed by atoms with E-state index in [4.69, 9.17) is 9.47 Å². The molecule has 3 rings (SSSR count). The highest BCUT2D eigenvalue weighted by molar-refractivity contribution is 5.73. The zero-order valence-corrected chi connectivity index (χ0v) is 21.0. The van der Waals surface area contributed by atoms with Crippen molar-refractivity contribution in [3.63, 3.8) is 0 Å². The van der Waals surface area contributed by atoms with Gasteiger partial charge in [0.1, 0.15) is 11.4 Å². The minimum absolute atomic E-state index is 0.238. The first-order valence-electron chi connectivity index (χ1n) is 12.5. The van der Waals surface area contributed by atoms with Crippen LogP contribution >= 0.6 is 0 Å². The molecule has 0 amide bonds. The Bertz CT molecular complexity index is 958. The number of rotatable bonds is 12. The molecule has 0 spiro atoms. The Hall–Kier alpha value is -2.64. The van der Waals surface area contributed by atoms with Gasteiger partial charge in [-0.2, -0.15) is 0 Å². The number of benzene rings is 2. The highest BCUT2D eigenvalue weighted by atomic mass is 19.1. The molecule has 0 saturated carbocycles. The van der Waals surface area contributed by atoms with Gasteiger partial charge < -0.3 is 24.6 Å². The molecule has 6 nitrogen and oxygen atoms in total. The topological polar surface area (TPSA) is 79.2 Å². The zero-order chi connectivity index (χ0) is 25.4. The molecule has 2 aromatic carbocycles. The van der Waals surface area contributed by atoms with Crippen LogP contribution in [0, 0.1) is 17.7 Å². The minimum Gasteiger partial charge on any atom is -0.493 e. The lowest BCUT2D eigenvalue weighted by molar-refractivity contribution is -0.163. The molecular weight excluding hydrogens is 449 g/mol. The molecule has 192 valence electrons. The maximum Gasteiger partial charge on any atom is 0.309 e. The number of aliphatic carboxylic acids is 1. The van der Waals surface area contributed by atoms with Crippen molar-refractivity contribution in [3.8, 4) is 11.5 Å². The summed E-state index contributed by atoms with van der Waals surface area (Å²) in [7, 11) is 3.05. The summed E-state index contributed by atoms with van der Waals surface area (Å²) in [5.74, 6) is -1.58. The number of methoxy groups -OCH3 is 2. The molecule has 1 saturated heterocycles. The number of aliphatic hydroxyl groups is 1. The molecule has 0 bridgehead atoms. The minimum atomic E-state index is -1.59. The van der Waals surface area contributed by atoms with Crippen LogP contribution < -0.4 is 9.47 Å². The van der Waals surface area contributed by atoms with Gasteiger partial charge in [-0.1, -0.05) is 44.0 Å². The average molecular weight is 488 g/mol. The summed E-state index contributed by atoms with van der Waals surface area (Å²) in [4.78, 5) is 14.8. The SMILES string of the molecule is CCCCC(C(=O)O)C(O)(c1cccc(OC)c1OC)C1CCN(CCc2ccc(F)cc2)CC1. The second-order valence-corrected chi connectivity index (χ2v) is 9.39. The first kappa shape index (κ1) is 27.0. The van der Waals surface area contributed by atoms with Gasteiger partial charge in [0.05, 0.1) is 20.1 Å². The molecule has 2 aromatic rings. The Morgan fingerprint density at radius 3 is 2.40 bits per heavy atom. The van der Waals surface area contributed by atoms with E-state index >= 15 is 0 Å². The van der Waals surface area contributed by atoms with E-state index in [1.165, 1.54) is 26.4 Å². The second kappa shape index (κ2) is 12.4. The highest BCUT2D eigenvalue weighted by Crippen LogP contribution is 2.49. The molecule has 7 heteroatoms. The van der Waals surface area contributed by atoms with Crippen molar-refractivity contribution in [1.82, 2.24) is 4.90 Å². The van der Waals surface area contributed by atoms with Gasteiger partial charge in [-0.05, 0) is 68.5 Å². The van der Waals surface area contributed by atoms with Crippen LogP contribution in [-0.2, 0) is 16.8 Å². The fraction of sp³-hybridized carbons (Fsp3) is 0.536. The van der Waals surface area contributed by atoms with Crippen molar-refractivity contribution in [3.05, 3.63) is 59.4 Å². The van der Waals surface area contributed by atoms with Crippen LogP contribution in [0.2, 0.25) is 0 Å².